The van der Waals surface area contributed by atoms with Crippen LogP contribution in [0.4, 0.5) is 16.2 Å². The highest BCUT2D eigenvalue weighted by atomic mass is 16.6. The van der Waals surface area contributed by atoms with Crippen LogP contribution >= 0.6 is 0 Å². The summed E-state index contributed by atoms with van der Waals surface area (Å²) in [7, 11) is 0. The number of anilines is 2. The zero-order valence-corrected chi connectivity index (χ0v) is 18.2. The van der Waals surface area contributed by atoms with Gasteiger partial charge in [0.05, 0.1) is 5.56 Å². The summed E-state index contributed by atoms with van der Waals surface area (Å²) in [5.74, 6) is -1.11. The number of amides is 2. The Labute approximate surface area is 176 Å². The monoisotopic (exact) mass is 412 g/mol. The number of aryl methyl sites for hydroxylation is 2. The second-order valence-corrected chi connectivity index (χ2v) is 8.06. The largest absolute Gasteiger partial charge is 0.449 e. The molecule has 0 fully saturated rings. The number of ether oxygens (including phenoxy) is 2. The molecule has 2 rings (SSSR count). The first-order valence-electron chi connectivity index (χ1n) is 9.64. The first-order valence-corrected chi connectivity index (χ1v) is 9.64. The summed E-state index contributed by atoms with van der Waals surface area (Å²) in [6.07, 6.45) is -1.63. The maximum atomic E-state index is 12.4. The van der Waals surface area contributed by atoms with Crippen LogP contribution in [0.3, 0.4) is 0 Å². The summed E-state index contributed by atoms with van der Waals surface area (Å²) in [5.41, 5.74) is 2.62. The maximum Gasteiger partial charge on any atom is 0.412 e. The predicted octanol–water partition coefficient (Wildman–Crippen LogP) is 4.83. The molecule has 7 nitrogen and oxygen atoms in total. The molecular formula is C23H28N2O5. The fraction of sp³-hybridized carbons (Fsp3) is 0.348. The molecule has 0 aromatic heterocycles. The molecule has 2 amide bonds. The Balaban J connectivity index is 1.99. The molecule has 7 heteroatoms. The Morgan fingerprint density at radius 1 is 0.967 bits per heavy atom. The lowest BCUT2D eigenvalue weighted by Gasteiger charge is -2.19. The van der Waals surface area contributed by atoms with Crippen molar-refractivity contribution in [3.63, 3.8) is 0 Å². The fourth-order valence-corrected chi connectivity index (χ4v) is 2.62. The predicted molar refractivity (Wildman–Crippen MR) is 116 cm³/mol. The van der Waals surface area contributed by atoms with Gasteiger partial charge in [-0.2, -0.15) is 0 Å². The van der Waals surface area contributed by atoms with Gasteiger partial charge in [-0.1, -0.05) is 23.8 Å². The van der Waals surface area contributed by atoms with Crippen molar-refractivity contribution >= 4 is 29.3 Å². The average molecular weight is 412 g/mol. The molecule has 0 saturated carbocycles. The molecule has 2 aromatic carbocycles. The van der Waals surface area contributed by atoms with Gasteiger partial charge in [-0.25, -0.2) is 9.59 Å². The molecule has 0 bridgehead atoms. The van der Waals surface area contributed by atoms with E-state index in [-0.39, 0.29) is 5.56 Å². The molecule has 160 valence electrons. The van der Waals surface area contributed by atoms with Crippen LogP contribution in [0.1, 0.15) is 49.2 Å². The van der Waals surface area contributed by atoms with Gasteiger partial charge in [-0.15, -0.1) is 0 Å². The lowest BCUT2D eigenvalue weighted by atomic mass is 10.1. The Bertz CT molecular complexity index is 947. The standard InChI is InChI=1S/C23H28N2O5/c1-14-10-11-19(15(2)12-14)25-20(26)16(3)29-21(27)17-8-7-9-18(13-17)24-22(28)30-23(4,5)6/h7-13,16H,1-6H3,(H,24,28)(H,25,26)/t16-/m1/s1. The third-order valence-corrected chi connectivity index (χ3v) is 4.04. The van der Waals surface area contributed by atoms with Crippen LogP contribution in [0, 0.1) is 13.8 Å². The molecule has 0 radical (unpaired) electrons. The molecule has 0 aliphatic heterocycles. The molecule has 0 aliphatic rings. The van der Waals surface area contributed by atoms with Gasteiger partial charge in [0.1, 0.15) is 5.60 Å². The van der Waals surface area contributed by atoms with E-state index in [0.29, 0.717) is 11.4 Å². The highest BCUT2D eigenvalue weighted by molar-refractivity contribution is 5.98. The van der Waals surface area contributed by atoms with E-state index in [4.69, 9.17) is 9.47 Å². The van der Waals surface area contributed by atoms with E-state index in [9.17, 15) is 14.4 Å². The van der Waals surface area contributed by atoms with Crippen LogP contribution in [0.5, 0.6) is 0 Å². The number of carbonyl (C=O) groups excluding carboxylic acids is 3. The molecular weight excluding hydrogens is 384 g/mol. The smallest absolute Gasteiger partial charge is 0.412 e. The topological polar surface area (TPSA) is 93.7 Å². The third kappa shape index (κ3) is 6.92. The summed E-state index contributed by atoms with van der Waals surface area (Å²) in [6.45, 7) is 10.6. The molecule has 2 N–H and O–H groups in total. The van der Waals surface area contributed by atoms with Gasteiger partial charge in [0, 0.05) is 11.4 Å². The number of nitrogens with one attached hydrogen (secondary N) is 2. The highest BCUT2D eigenvalue weighted by Gasteiger charge is 2.21. The van der Waals surface area contributed by atoms with Crippen LogP contribution in [-0.4, -0.2) is 29.7 Å². The number of hydrogen-bond donors (Lipinski definition) is 2. The van der Waals surface area contributed by atoms with Crippen LogP contribution in [0.2, 0.25) is 0 Å². The van der Waals surface area contributed by atoms with E-state index in [1.807, 2.05) is 32.0 Å². The number of rotatable bonds is 5. The molecule has 0 saturated heterocycles. The molecule has 0 unspecified atom stereocenters. The SMILES string of the molecule is Cc1ccc(NC(=O)[C@@H](C)OC(=O)c2cccc(NC(=O)OC(C)(C)C)c2)c(C)c1. The first-order chi connectivity index (χ1) is 13.9. The van der Waals surface area contributed by atoms with Crippen molar-refractivity contribution in [2.45, 2.75) is 53.2 Å². The minimum Gasteiger partial charge on any atom is -0.449 e. The lowest BCUT2D eigenvalue weighted by molar-refractivity contribution is -0.123. The molecule has 0 heterocycles. The second-order valence-electron chi connectivity index (χ2n) is 8.06. The molecule has 2 aromatic rings. The summed E-state index contributed by atoms with van der Waals surface area (Å²) >= 11 is 0. The van der Waals surface area contributed by atoms with Gasteiger partial charge >= 0.3 is 12.1 Å². The number of esters is 1. The molecule has 30 heavy (non-hydrogen) atoms. The summed E-state index contributed by atoms with van der Waals surface area (Å²) in [4.78, 5) is 36.7. The van der Waals surface area contributed by atoms with Crippen molar-refractivity contribution in [1.29, 1.82) is 0 Å². The summed E-state index contributed by atoms with van der Waals surface area (Å²) in [5, 5.41) is 5.33. The molecule has 1 atom stereocenters. The summed E-state index contributed by atoms with van der Waals surface area (Å²) < 4.78 is 10.5. The third-order valence-electron chi connectivity index (χ3n) is 4.04. The van der Waals surface area contributed by atoms with Gasteiger partial charge in [-0.05, 0) is 71.4 Å². The fourth-order valence-electron chi connectivity index (χ4n) is 2.62. The number of carbonyl (C=O) groups is 3. The number of benzene rings is 2. The van der Waals surface area contributed by atoms with E-state index in [1.165, 1.54) is 19.1 Å². The van der Waals surface area contributed by atoms with Crippen LogP contribution < -0.4 is 10.6 Å². The maximum absolute atomic E-state index is 12.4. The van der Waals surface area contributed by atoms with E-state index in [1.54, 1.807) is 32.9 Å². The van der Waals surface area contributed by atoms with Gasteiger partial charge in [0.2, 0.25) is 0 Å². The first kappa shape index (κ1) is 22.9. The zero-order chi connectivity index (χ0) is 22.5. The van der Waals surface area contributed by atoms with Gasteiger partial charge < -0.3 is 14.8 Å². The normalized spacial score (nSPS) is 11.9. The number of hydrogen-bond acceptors (Lipinski definition) is 5. The van der Waals surface area contributed by atoms with Crippen molar-refractivity contribution in [1.82, 2.24) is 0 Å². The minimum atomic E-state index is -0.999. The Morgan fingerprint density at radius 2 is 1.67 bits per heavy atom. The van der Waals surface area contributed by atoms with Crippen molar-refractivity contribution < 1.29 is 23.9 Å². The Kier molecular flexibility index (Phi) is 7.21. The van der Waals surface area contributed by atoms with E-state index < -0.39 is 29.7 Å². The molecule has 0 aliphatic carbocycles. The van der Waals surface area contributed by atoms with Crippen LogP contribution in [0.25, 0.3) is 0 Å². The quantitative estimate of drug-likeness (QED) is 0.686. The van der Waals surface area contributed by atoms with E-state index >= 15 is 0 Å². The van der Waals surface area contributed by atoms with Gasteiger partial charge in [0.15, 0.2) is 6.10 Å². The van der Waals surface area contributed by atoms with Gasteiger partial charge in [0.25, 0.3) is 5.91 Å². The van der Waals surface area contributed by atoms with Crippen molar-refractivity contribution in [2.75, 3.05) is 10.6 Å². The van der Waals surface area contributed by atoms with Crippen LogP contribution in [-0.2, 0) is 14.3 Å². The van der Waals surface area contributed by atoms with E-state index in [2.05, 4.69) is 10.6 Å². The van der Waals surface area contributed by atoms with Crippen molar-refractivity contribution in [2.24, 2.45) is 0 Å². The van der Waals surface area contributed by atoms with Crippen LogP contribution in [0.15, 0.2) is 42.5 Å². The summed E-state index contributed by atoms with van der Waals surface area (Å²) in [6, 6.07) is 11.9. The highest BCUT2D eigenvalue weighted by Crippen LogP contribution is 2.18. The Morgan fingerprint density at radius 3 is 2.30 bits per heavy atom. The van der Waals surface area contributed by atoms with Crippen molar-refractivity contribution in [3.05, 3.63) is 59.2 Å². The second kappa shape index (κ2) is 9.43. The lowest BCUT2D eigenvalue weighted by Crippen LogP contribution is -2.30. The molecule has 0 spiro atoms. The van der Waals surface area contributed by atoms with Gasteiger partial charge in [-0.3, -0.25) is 10.1 Å². The minimum absolute atomic E-state index is 0.203. The van der Waals surface area contributed by atoms with E-state index in [0.717, 1.165) is 11.1 Å². The zero-order valence-electron chi connectivity index (χ0n) is 18.2. The Hall–Kier alpha value is -3.35. The average Bonchev–Trinajstić information content (AvgIpc) is 2.62. The van der Waals surface area contributed by atoms with Crippen molar-refractivity contribution in [3.8, 4) is 0 Å².